The first-order chi connectivity index (χ1) is 6.74. The molecule has 14 heavy (non-hydrogen) atoms. The van der Waals surface area contributed by atoms with Crippen molar-refractivity contribution < 1.29 is 5.11 Å². The molecule has 0 heterocycles. The first-order valence-corrected chi connectivity index (χ1v) is 6.18. The summed E-state index contributed by atoms with van der Waals surface area (Å²) in [5, 5.41) is 13.2. The minimum Gasteiger partial charge on any atom is -0.393 e. The van der Waals surface area contributed by atoms with E-state index < -0.39 is 0 Å². The summed E-state index contributed by atoms with van der Waals surface area (Å²) in [6.07, 6.45) is 8.44. The molecule has 2 atom stereocenters. The van der Waals surface area contributed by atoms with Gasteiger partial charge in [-0.2, -0.15) is 0 Å². The van der Waals surface area contributed by atoms with Crippen molar-refractivity contribution in [2.75, 3.05) is 0 Å². The molecule has 0 aromatic carbocycles. The van der Waals surface area contributed by atoms with E-state index in [1.807, 2.05) is 0 Å². The summed E-state index contributed by atoms with van der Waals surface area (Å²) in [6, 6.07) is 1.46. The molecular formula is C12H23NO. The second-order valence-corrected chi connectivity index (χ2v) is 5.29. The van der Waals surface area contributed by atoms with E-state index in [4.69, 9.17) is 0 Å². The molecule has 0 amide bonds. The molecule has 0 bridgehead atoms. The first-order valence-electron chi connectivity index (χ1n) is 6.18. The van der Waals surface area contributed by atoms with Gasteiger partial charge >= 0.3 is 0 Å². The van der Waals surface area contributed by atoms with Gasteiger partial charge in [-0.3, -0.25) is 0 Å². The lowest BCUT2D eigenvalue weighted by molar-refractivity contribution is 0.114. The standard InChI is InChI=1S/C12H23NO/c1-9-2-3-11(8-9)13-10-4-6-12(14)7-5-10/h9-14H,2-8H2,1H3/t9-,10?,11-,12?/m1/s1. The summed E-state index contributed by atoms with van der Waals surface area (Å²) < 4.78 is 0. The molecule has 2 aliphatic carbocycles. The highest BCUT2D eigenvalue weighted by atomic mass is 16.3. The van der Waals surface area contributed by atoms with Crippen LogP contribution >= 0.6 is 0 Å². The Hall–Kier alpha value is -0.0800. The van der Waals surface area contributed by atoms with Crippen molar-refractivity contribution in [2.45, 2.75) is 70.1 Å². The third-order valence-electron chi connectivity index (χ3n) is 3.86. The van der Waals surface area contributed by atoms with Crippen LogP contribution in [0.25, 0.3) is 0 Å². The zero-order chi connectivity index (χ0) is 9.97. The summed E-state index contributed by atoms with van der Waals surface area (Å²) in [5.74, 6) is 0.918. The van der Waals surface area contributed by atoms with Crippen LogP contribution in [0, 0.1) is 5.92 Å². The number of nitrogens with one attached hydrogen (secondary N) is 1. The van der Waals surface area contributed by atoms with Gasteiger partial charge in [-0.1, -0.05) is 6.92 Å². The van der Waals surface area contributed by atoms with Gasteiger partial charge in [-0.25, -0.2) is 0 Å². The van der Waals surface area contributed by atoms with Crippen molar-refractivity contribution in [1.29, 1.82) is 0 Å². The number of hydrogen-bond acceptors (Lipinski definition) is 2. The van der Waals surface area contributed by atoms with Gasteiger partial charge in [0, 0.05) is 12.1 Å². The second-order valence-electron chi connectivity index (χ2n) is 5.29. The third-order valence-corrected chi connectivity index (χ3v) is 3.86. The Kier molecular flexibility index (Phi) is 3.45. The van der Waals surface area contributed by atoms with Gasteiger partial charge in [0.1, 0.15) is 0 Å². The molecule has 0 spiro atoms. The van der Waals surface area contributed by atoms with Crippen LogP contribution in [-0.2, 0) is 0 Å². The SMILES string of the molecule is C[C@@H]1CC[C@@H](NC2CCC(O)CC2)C1. The van der Waals surface area contributed by atoms with E-state index in [2.05, 4.69) is 12.2 Å². The van der Waals surface area contributed by atoms with E-state index in [9.17, 15) is 5.11 Å². The predicted octanol–water partition coefficient (Wildman–Crippen LogP) is 2.07. The Morgan fingerprint density at radius 1 is 0.929 bits per heavy atom. The molecule has 0 aromatic rings. The summed E-state index contributed by atoms with van der Waals surface area (Å²) in [7, 11) is 0. The maximum absolute atomic E-state index is 9.40. The van der Waals surface area contributed by atoms with E-state index >= 15 is 0 Å². The Morgan fingerprint density at radius 3 is 2.14 bits per heavy atom. The highest BCUT2D eigenvalue weighted by Crippen LogP contribution is 2.27. The minimum absolute atomic E-state index is 0.0180. The quantitative estimate of drug-likeness (QED) is 0.710. The first kappa shape index (κ1) is 10.4. The topological polar surface area (TPSA) is 32.3 Å². The molecule has 2 rings (SSSR count). The maximum atomic E-state index is 9.40. The number of rotatable bonds is 2. The van der Waals surface area contributed by atoms with Gasteiger partial charge in [0.05, 0.1) is 6.10 Å². The Balaban J connectivity index is 1.70. The Labute approximate surface area is 87.1 Å². The van der Waals surface area contributed by atoms with Gasteiger partial charge in [0.25, 0.3) is 0 Å². The van der Waals surface area contributed by atoms with Gasteiger partial charge < -0.3 is 10.4 Å². The lowest BCUT2D eigenvalue weighted by atomic mass is 9.92. The van der Waals surface area contributed by atoms with Crippen LogP contribution in [0.15, 0.2) is 0 Å². The van der Waals surface area contributed by atoms with Crippen LogP contribution in [0.2, 0.25) is 0 Å². The number of aliphatic hydroxyl groups is 1. The maximum Gasteiger partial charge on any atom is 0.0541 e. The minimum atomic E-state index is -0.0180. The second kappa shape index (κ2) is 4.63. The van der Waals surface area contributed by atoms with E-state index in [0.29, 0.717) is 6.04 Å². The van der Waals surface area contributed by atoms with E-state index in [0.717, 1.165) is 24.8 Å². The average molecular weight is 197 g/mol. The lowest BCUT2D eigenvalue weighted by Gasteiger charge is -2.29. The van der Waals surface area contributed by atoms with Crippen LogP contribution < -0.4 is 5.32 Å². The van der Waals surface area contributed by atoms with E-state index in [-0.39, 0.29) is 6.10 Å². The van der Waals surface area contributed by atoms with Crippen LogP contribution in [0.4, 0.5) is 0 Å². The summed E-state index contributed by atoms with van der Waals surface area (Å²) in [6.45, 7) is 2.35. The Bertz CT molecular complexity index is 175. The smallest absolute Gasteiger partial charge is 0.0541 e. The fourth-order valence-electron chi connectivity index (χ4n) is 2.93. The molecular weight excluding hydrogens is 174 g/mol. The average Bonchev–Trinajstić information content (AvgIpc) is 2.56. The molecule has 2 saturated carbocycles. The molecule has 2 N–H and O–H groups in total. The van der Waals surface area contributed by atoms with Gasteiger partial charge in [0.15, 0.2) is 0 Å². The van der Waals surface area contributed by atoms with Crippen LogP contribution in [0.5, 0.6) is 0 Å². The summed E-state index contributed by atoms with van der Waals surface area (Å²) in [5.41, 5.74) is 0. The predicted molar refractivity (Wildman–Crippen MR) is 58.2 cm³/mol. The van der Waals surface area contributed by atoms with Crippen molar-refractivity contribution in [3.8, 4) is 0 Å². The number of hydrogen-bond donors (Lipinski definition) is 2. The highest BCUT2D eigenvalue weighted by Gasteiger charge is 2.25. The zero-order valence-corrected chi connectivity index (χ0v) is 9.21. The summed E-state index contributed by atoms with van der Waals surface area (Å²) in [4.78, 5) is 0. The molecule has 0 radical (unpaired) electrons. The van der Waals surface area contributed by atoms with Crippen LogP contribution in [0.3, 0.4) is 0 Å². The van der Waals surface area contributed by atoms with Gasteiger partial charge in [-0.15, -0.1) is 0 Å². The van der Waals surface area contributed by atoms with Gasteiger partial charge in [0.2, 0.25) is 0 Å². The number of aliphatic hydroxyl groups excluding tert-OH is 1. The van der Waals surface area contributed by atoms with Crippen molar-refractivity contribution in [1.82, 2.24) is 5.32 Å². The normalized spacial score (nSPS) is 44.1. The highest BCUT2D eigenvalue weighted by molar-refractivity contribution is 4.84. The summed E-state index contributed by atoms with van der Waals surface area (Å²) >= 11 is 0. The van der Waals surface area contributed by atoms with Crippen molar-refractivity contribution in [3.63, 3.8) is 0 Å². The molecule has 0 aliphatic heterocycles. The van der Waals surface area contributed by atoms with Crippen molar-refractivity contribution >= 4 is 0 Å². The largest absolute Gasteiger partial charge is 0.393 e. The molecule has 2 fully saturated rings. The van der Waals surface area contributed by atoms with E-state index in [1.54, 1.807) is 0 Å². The molecule has 2 nitrogen and oxygen atoms in total. The molecule has 0 aromatic heterocycles. The lowest BCUT2D eigenvalue weighted by Crippen LogP contribution is -2.40. The Morgan fingerprint density at radius 2 is 1.57 bits per heavy atom. The molecule has 0 unspecified atom stereocenters. The van der Waals surface area contributed by atoms with Gasteiger partial charge in [-0.05, 0) is 50.9 Å². The van der Waals surface area contributed by atoms with E-state index in [1.165, 1.54) is 32.1 Å². The van der Waals surface area contributed by atoms with Crippen LogP contribution in [0.1, 0.15) is 51.9 Å². The molecule has 2 heteroatoms. The van der Waals surface area contributed by atoms with Crippen LogP contribution in [-0.4, -0.2) is 23.3 Å². The third kappa shape index (κ3) is 2.71. The fourth-order valence-corrected chi connectivity index (χ4v) is 2.93. The van der Waals surface area contributed by atoms with Crippen molar-refractivity contribution in [2.24, 2.45) is 5.92 Å². The molecule has 0 saturated heterocycles. The molecule has 82 valence electrons. The zero-order valence-electron chi connectivity index (χ0n) is 9.21. The van der Waals surface area contributed by atoms with Crippen molar-refractivity contribution in [3.05, 3.63) is 0 Å². The fraction of sp³-hybridized carbons (Fsp3) is 1.00. The molecule has 2 aliphatic rings. The monoisotopic (exact) mass is 197 g/mol.